The Morgan fingerprint density at radius 1 is 1.22 bits per heavy atom. The van der Waals surface area contributed by atoms with Crippen LogP contribution in [0, 0.1) is 0 Å². The Bertz CT molecular complexity index is 413. The van der Waals surface area contributed by atoms with Crippen molar-refractivity contribution >= 4 is 11.6 Å². The number of methoxy groups -OCH3 is 2. The van der Waals surface area contributed by atoms with Crippen LogP contribution in [0.25, 0.3) is 0 Å². The molecular formula is C15H21ClO2. The van der Waals surface area contributed by atoms with Crippen molar-refractivity contribution < 1.29 is 9.47 Å². The number of allylic oxidation sites excluding steroid dienone is 2. The third kappa shape index (κ3) is 3.42. The number of halogens is 1. The molecule has 2 nitrogen and oxygen atoms in total. The van der Waals surface area contributed by atoms with E-state index in [2.05, 4.69) is 19.1 Å². The molecule has 0 amide bonds. The molecule has 0 saturated heterocycles. The number of rotatable bonds is 6. The summed E-state index contributed by atoms with van der Waals surface area (Å²) in [5.41, 5.74) is 1.14. The Morgan fingerprint density at radius 2 is 1.89 bits per heavy atom. The normalized spacial score (nSPS) is 12.7. The van der Waals surface area contributed by atoms with Crippen LogP contribution in [0.1, 0.15) is 38.2 Å². The van der Waals surface area contributed by atoms with E-state index < -0.39 is 0 Å². The van der Waals surface area contributed by atoms with Gasteiger partial charge in [-0.15, -0.1) is 0 Å². The first-order valence-corrected chi connectivity index (χ1v) is 6.58. The highest BCUT2D eigenvalue weighted by atomic mass is 35.5. The molecular weight excluding hydrogens is 248 g/mol. The van der Waals surface area contributed by atoms with Gasteiger partial charge >= 0.3 is 0 Å². The first kappa shape index (κ1) is 14.9. The number of benzene rings is 1. The van der Waals surface area contributed by atoms with Crippen molar-refractivity contribution in [2.45, 2.75) is 32.6 Å². The molecule has 0 radical (unpaired) electrons. The molecule has 0 N–H and O–H groups in total. The predicted molar refractivity (Wildman–Crippen MR) is 77.0 cm³/mol. The molecule has 1 aromatic rings. The Labute approximate surface area is 115 Å². The molecule has 0 aliphatic rings. The van der Waals surface area contributed by atoms with Crippen molar-refractivity contribution in [3.05, 3.63) is 34.9 Å². The van der Waals surface area contributed by atoms with Crippen molar-refractivity contribution in [1.82, 2.24) is 0 Å². The van der Waals surface area contributed by atoms with Gasteiger partial charge in [0.1, 0.15) is 11.5 Å². The molecule has 0 aliphatic carbocycles. The van der Waals surface area contributed by atoms with Gasteiger partial charge in [0.15, 0.2) is 0 Å². The highest BCUT2D eigenvalue weighted by molar-refractivity contribution is 6.32. The fourth-order valence-electron chi connectivity index (χ4n) is 2.02. The van der Waals surface area contributed by atoms with Crippen LogP contribution in [-0.2, 0) is 0 Å². The average Bonchev–Trinajstić information content (AvgIpc) is 2.40. The van der Waals surface area contributed by atoms with Crippen molar-refractivity contribution in [3.63, 3.8) is 0 Å². The third-order valence-corrected chi connectivity index (χ3v) is 3.39. The maximum Gasteiger partial charge on any atom is 0.141 e. The lowest BCUT2D eigenvalue weighted by molar-refractivity contribution is 0.388. The van der Waals surface area contributed by atoms with Gasteiger partial charge in [0.05, 0.1) is 19.2 Å². The number of hydrogen-bond donors (Lipinski definition) is 0. The van der Waals surface area contributed by atoms with E-state index in [1.165, 1.54) is 0 Å². The van der Waals surface area contributed by atoms with Crippen LogP contribution in [0.4, 0.5) is 0 Å². The zero-order valence-electron chi connectivity index (χ0n) is 11.5. The van der Waals surface area contributed by atoms with Crippen LogP contribution >= 0.6 is 11.6 Å². The summed E-state index contributed by atoms with van der Waals surface area (Å²) in [7, 11) is 3.28. The van der Waals surface area contributed by atoms with E-state index in [0.29, 0.717) is 16.7 Å². The molecule has 0 bridgehead atoms. The SMILES string of the molecule is C/C=C\CC(CC)c1cc(Cl)c(OC)cc1OC. The minimum Gasteiger partial charge on any atom is -0.496 e. The lowest BCUT2D eigenvalue weighted by Gasteiger charge is -2.18. The lowest BCUT2D eigenvalue weighted by Crippen LogP contribution is -2.01. The molecule has 100 valence electrons. The van der Waals surface area contributed by atoms with Gasteiger partial charge in [0, 0.05) is 6.07 Å². The smallest absolute Gasteiger partial charge is 0.141 e. The first-order chi connectivity index (χ1) is 8.67. The van der Waals surface area contributed by atoms with Crippen LogP contribution in [-0.4, -0.2) is 14.2 Å². The van der Waals surface area contributed by atoms with Gasteiger partial charge in [-0.25, -0.2) is 0 Å². The Morgan fingerprint density at radius 3 is 2.39 bits per heavy atom. The van der Waals surface area contributed by atoms with Crippen LogP contribution in [0.5, 0.6) is 11.5 Å². The van der Waals surface area contributed by atoms with E-state index in [1.54, 1.807) is 14.2 Å². The fourth-order valence-corrected chi connectivity index (χ4v) is 2.27. The molecule has 1 aromatic carbocycles. The average molecular weight is 269 g/mol. The zero-order chi connectivity index (χ0) is 13.5. The molecule has 3 heteroatoms. The van der Waals surface area contributed by atoms with E-state index >= 15 is 0 Å². The summed E-state index contributed by atoms with van der Waals surface area (Å²) in [6.45, 7) is 4.21. The topological polar surface area (TPSA) is 18.5 Å². The van der Waals surface area contributed by atoms with Crippen LogP contribution < -0.4 is 9.47 Å². The van der Waals surface area contributed by atoms with Gasteiger partial charge in [-0.2, -0.15) is 0 Å². The Hall–Kier alpha value is -1.15. The van der Waals surface area contributed by atoms with Crippen molar-refractivity contribution in [2.24, 2.45) is 0 Å². The monoisotopic (exact) mass is 268 g/mol. The van der Waals surface area contributed by atoms with Crippen LogP contribution in [0.15, 0.2) is 24.3 Å². The molecule has 0 aromatic heterocycles. The van der Waals surface area contributed by atoms with E-state index in [0.717, 1.165) is 24.2 Å². The zero-order valence-corrected chi connectivity index (χ0v) is 12.3. The minimum absolute atomic E-state index is 0.416. The van der Waals surface area contributed by atoms with Crippen LogP contribution in [0.2, 0.25) is 5.02 Å². The maximum absolute atomic E-state index is 6.19. The number of ether oxygens (including phenoxy) is 2. The minimum atomic E-state index is 0.416. The molecule has 18 heavy (non-hydrogen) atoms. The highest BCUT2D eigenvalue weighted by Crippen LogP contribution is 2.38. The summed E-state index contributed by atoms with van der Waals surface area (Å²) in [5.74, 6) is 1.91. The molecule has 1 atom stereocenters. The van der Waals surface area contributed by atoms with Crippen molar-refractivity contribution in [2.75, 3.05) is 14.2 Å². The molecule has 0 saturated carbocycles. The lowest BCUT2D eigenvalue weighted by atomic mass is 9.92. The second kappa shape index (κ2) is 7.32. The van der Waals surface area contributed by atoms with Crippen molar-refractivity contribution in [1.29, 1.82) is 0 Å². The van der Waals surface area contributed by atoms with Crippen molar-refractivity contribution in [3.8, 4) is 11.5 Å². The second-order valence-corrected chi connectivity index (χ2v) is 4.55. The van der Waals surface area contributed by atoms with Gasteiger partial charge in [-0.1, -0.05) is 30.7 Å². The summed E-state index contributed by atoms with van der Waals surface area (Å²) in [6.07, 6.45) is 6.28. The molecule has 0 heterocycles. The number of hydrogen-bond acceptors (Lipinski definition) is 2. The predicted octanol–water partition coefficient (Wildman–Crippen LogP) is 4.82. The first-order valence-electron chi connectivity index (χ1n) is 6.20. The van der Waals surface area contributed by atoms with Crippen LogP contribution in [0.3, 0.4) is 0 Å². The Balaban J connectivity index is 3.15. The highest BCUT2D eigenvalue weighted by Gasteiger charge is 2.16. The van der Waals surface area contributed by atoms with Gasteiger partial charge in [-0.3, -0.25) is 0 Å². The standard InChI is InChI=1S/C15H21ClO2/c1-5-7-8-11(6-2)12-9-13(16)15(18-4)10-14(12)17-3/h5,7,9-11H,6,8H2,1-4H3/b7-5-. The molecule has 1 unspecified atom stereocenters. The second-order valence-electron chi connectivity index (χ2n) is 4.14. The summed E-state index contributed by atoms with van der Waals surface area (Å²) in [6, 6.07) is 3.81. The molecule has 0 spiro atoms. The molecule has 0 fully saturated rings. The maximum atomic E-state index is 6.19. The largest absolute Gasteiger partial charge is 0.496 e. The van der Waals surface area contributed by atoms with E-state index in [9.17, 15) is 0 Å². The third-order valence-electron chi connectivity index (χ3n) is 3.09. The summed E-state index contributed by atoms with van der Waals surface area (Å²) >= 11 is 6.19. The Kier molecular flexibility index (Phi) is 6.06. The van der Waals surface area contributed by atoms with Gasteiger partial charge in [0.2, 0.25) is 0 Å². The summed E-state index contributed by atoms with van der Waals surface area (Å²) in [4.78, 5) is 0. The van der Waals surface area contributed by atoms with Gasteiger partial charge in [0.25, 0.3) is 0 Å². The summed E-state index contributed by atoms with van der Waals surface area (Å²) in [5, 5.41) is 0.632. The van der Waals surface area contributed by atoms with E-state index in [4.69, 9.17) is 21.1 Å². The van der Waals surface area contributed by atoms with E-state index in [-0.39, 0.29) is 0 Å². The van der Waals surface area contributed by atoms with Gasteiger partial charge in [-0.05, 0) is 37.3 Å². The molecule has 0 aliphatic heterocycles. The fraction of sp³-hybridized carbons (Fsp3) is 0.467. The van der Waals surface area contributed by atoms with E-state index in [1.807, 2.05) is 19.1 Å². The van der Waals surface area contributed by atoms with Gasteiger partial charge < -0.3 is 9.47 Å². The molecule has 1 rings (SSSR count). The quantitative estimate of drug-likeness (QED) is 0.689. The summed E-state index contributed by atoms with van der Waals surface area (Å²) < 4.78 is 10.7.